The molecule has 1 fully saturated rings. The first-order chi connectivity index (χ1) is 12.1. The highest BCUT2D eigenvalue weighted by Gasteiger charge is 2.32. The van der Waals surface area contributed by atoms with E-state index < -0.39 is 0 Å². The smallest absolute Gasteiger partial charge is 0.317 e. The van der Waals surface area contributed by atoms with Gasteiger partial charge >= 0.3 is 6.03 Å². The van der Waals surface area contributed by atoms with Crippen LogP contribution in [-0.4, -0.2) is 56.2 Å². The summed E-state index contributed by atoms with van der Waals surface area (Å²) >= 11 is 0. The van der Waals surface area contributed by atoms with Crippen molar-refractivity contribution < 1.29 is 14.3 Å². The van der Waals surface area contributed by atoms with Gasteiger partial charge in [0.05, 0.1) is 12.5 Å². The van der Waals surface area contributed by atoms with Gasteiger partial charge in [-0.15, -0.1) is 0 Å². The first-order valence-corrected chi connectivity index (χ1v) is 8.97. The molecule has 138 valence electrons. The topological polar surface area (TPSA) is 70.7 Å². The largest absolute Gasteiger partial charge is 0.383 e. The fraction of sp³-hybridized carbons (Fsp3) is 0.579. The van der Waals surface area contributed by atoms with Gasteiger partial charge in [-0.2, -0.15) is 0 Å². The molecule has 3 amide bonds. The van der Waals surface area contributed by atoms with Crippen LogP contribution in [0.4, 0.5) is 4.79 Å². The molecule has 2 N–H and O–H groups in total. The Morgan fingerprint density at radius 3 is 2.64 bits per heavy atom. The number of piperidine rings is 1. The predicted octanol–water partition coefficient (Wildman–Crippen LogP) is 1.80. The highest BCUT2D eigenvalue weighted by molar-refractivity contribution is 5.81. The van der Waals surface area contributed by atoms with Crippen molar-refractivity contribution in [1.29, 1.82) is 0 Å². The van der Waals surface area contributed by atoms with Gasteiger partial charge in [-0.3, -0.25) is 4.79 Å². The molecule has 0 unspecified atom stereocenters. The average molecular weight is 347 g/mol. The van der Waals surface area contributed by atoms with Crippen LogP contribution in [0.25, 0.3) is 0 Å². The molecule has 0 aliphatic carbocycles. The SMILES string of the molecule is COCCNC(=O)[C@H]1CC[C@H](C)N(C(=O)NCCc2ccccc2)C1. The molecule has 6 heteroatoms. The van der Waals surface area contributed by atoms with Crippen LogP contribution in [0.2, 0.25) is 0 Å². The number of hydrogen-bond donors (Lipinski definition) is 2. The van der Waals surface area contributed by atoms with Gasteiger partial charge in [-0.1, -0.05) is 30.3 Å². The lowest BCUT2D eigenvalue weighted by Gasteiger charge is -2.37. The van der Waals surface area contributed by atoms with Crippen LogP contribution in [0.1, 0.15) is 25.3 Å². The number of likely N-dealkylation sites (tertiary alicyclic amines) is 1. The zero-order valence-electron chi connectivity index (χ0n) is 15.2. The van der Waals surface area contributed by atoms with Crippen LogP contribution in [0.15, 0.2) is 30.3 Å². The molecule has 25 heavy (non-hydrogen) atoms. The van der Waals surface area contributed by atoms with E-state index in [4.69, 9.17) is 4.74 Å². The highest BCUT2D eigenvalue weighted by atomic mass is 16.5. The van der Waals surface area contributed by atoms with Gasteiger partial charge in [0.15, 0.2) is 0 Å². The summed E-state index contributed by atoms with van der Waals surface area (Å²) in [6.07, 6.45) is 2.46. The molecule has 1 heterocycles. The van der Waals surface area contributed by atoms with Crippen molar-refractivity contribution in [1.82, 2.24) is 15.5 Å². The maximum Gasteiger partial charge on any atom is 0.317 e. The Balaban J connectivity index is 1.79. The first-order valence-electron chi connectivity index (χ1n) is 8.97. The van der Waals surface area contributed by atoms with Crippen LogP contribution >= 0.6 is 0 Å². The number of carbonyl (C=O) groups excluding carboxylic acids is 2. The maximum atomic E-state index is 12.5. The standard InChI is InChI=1S/C19H29N3O3/c1-15-8-9-17(18(23)20-12-13-25-2)14-22(15)19(24)21-11-10-16-6-4-3-5-7-16/h3-7,15,17H,8-14H2,1-2H3,(H,20,23)(H,21,24)/t15-,17-/m0/s1. The molecule has 6 nitrogen and oxygen atoms in total. The van der Waals surface area contributed by atoms with Crippen LogP contribution in [0, 0.1) is 5.92 Å². The second kappa shape index (κ2) is 10.0. The number of benzene rings is 1. The molecule has 1 aromatic carbocycles. The van der Waals surface area contributed by atoms with E-state index in [1.807, 2.05) is 25.1 Å². The van der Waals surface area contributed by atoms with Crippen molar-refractivity contribution in [3.05, 3.63) is 35.9 Å². The summed E-state index contributed by atoms with van der Waals surface area (Å²) in [4.78, 5) is 26.5. The summed E-state index contributed by atoms with van der Waals surface area (Å²) in [6, 6.07) is 10.1. The number of ether oxygens (including phenoxy) is 1. The monoisotopic (exact) mass is 347 g/mol. The molecule has 1 saturated heterocycles. The third-order valence-electron chi connectivity index (χ3n) is 4.65. The van der Waals surface area contributed by atoms with Crippen molar-refractivity contribution in [2.24, 2.45) is 5.92 Å². The number of nitrogens with one attached hydrogen (secondary N) is 2. The lowest BCUT2D eigenvalue weighted by Crippen LogP contribution is -2.53. The third kappa shape index (κ3) is 6.05. The molecule has 1 aliphatic heterocycles. The van der Waals surface area contributed by atoms with Gasteiger partial charge in [0.1, 0.15) is 0 Å². The molecular weight excluding hydrogens is 318 g/mol. The van der Waals surface area contributed by atoms with E-state index in [9.17, 15) is 9.59 Å². The number of nitrogens with zero attached hydrogens (tertiary/aromatic N) is 1. The molecule has 2 atom stereocenters. The van der Waals surface area contributed by atoms with Crippen molar-refractivity contribution in [2.45, 2.75) is 32.2 Å². The minimum Gasteiger partial charge on any atom is -0.383 e. The van der Waals surface area contributed by atoms with Crippen LogP contribution < -0.4 is 10.6 Å². The molecule has 0 spiro atoms. The number of amides is 3. The number of methoxy groups -OCH3 is 1. The van der Waals surface area contributed by atoms with Crippen molar-refractivity contribution in [3.8, 4) is 0 Å². The molecule has 1 aliphatic rings. The zero-order valence-corrected chi connectivity index (χ0v) is 15.2. The number of urea groups is 1. The zero-order chi connectivity index (χ0) is 18.1. The number of hydrogen-bond acceptors (Lipinski definition) is 3. The summed E-state index contributed by atoms with van der Waals surface area (Å²) in [7, 11) is 1.61. The number of carbonyl (C=O) groups is 2. The molecule has 0 saturated carbocycles. The van der Waals surface area contributed by atoms with Gasteiger partial charge in [0.2, 0.25) is 5.91 Å². The van der Waals surface area contributed by atoms with Crippen LogP contribution in [0.5, 0.6) is 0 Å². The Bertz CT molecular complexity index is 550. The van der Waals surface area contributed by atoms with Crippen molar-refractivity contribution >= 4 is 11.9 Å². The minimum absolute atomic E-state index is 0.00559. The quantitative estimate of drug-likeness (QED) is 0.739. The molecule has 0 radical (unpaired) electrons. The highest BCUT2D eigenvalue weighted by Crippen LogP contribution is 2.22. The molecule has 1 aromatic rings. The van der Waals surface area contributed by atoms with E-state index in [0.29, 0.717) is 26.2 Å². The van der Waals surface area contributed by atoms with Gasteiger partial charge in [0.25, 0.3) is 0 Å². The fourth-order valence-corrected chi connectivity index (χ4v) is 3.08. The Hall–Kier alpha value is -2.08. The van der Waals surface area contributed by atoms with E-state index in [1.54, 1.807) is 12.0 Å². The Labute approximate surface area is 149 Å². The van der Waals surface area contributed by atoms with Crippen molar-refractivity contribution in [3.63, 3.8) is 0 Å². The summed E-state index contributed by atoms with van der Waals surface area (Å²) in [5, 5.41) is 5.85. The Morgan fingerprint density at radius 1 is 1.16 bits per heavy atom. The molecule has 0 aromatic heterocycles. The van der Waals surface area contributed by atoms with Gasteiger partial charge in [0, 0.05) is 32.8 Å². The molecule has 2 rings (SSSR count). The van der Waals surface area contributed by atoms with E-state index in [0.717, 1.165) is 19.3 Å². The van der Waals surface area contributed by atoms with Crippen LogP contribution in [0.3, 0.4) is 0 Å². The maximum absolute atomic E-state index is 12.5. The lowest BCUT2D eigenvalue weighted by molar-refractivity contribution is -0.126. The summed E-state index contributed by atoms with van der Waals surface area (Å²) < 4.78 is 4.95. The van der Waals surface area contributed by atoms with Gasteiger partial charge in [-0.25, -0.2) is 4.79 Å². The van der Waals surface area contributed by atoms with E-state index in [-0.39, 0.29) is 23.9 Å². The minimum atomic E-state index is -0.145. The lowest BCUT2D eigenvalue weighted by atomic mass is 9.93. The normalized spacial score (nSPS) is 20.2. The second-order valence-electron chi connectivity index (χ2n) is 6.53. The fourth-order valence-electron chi connectivity index (χ4n) is 3.08. The number of rotatable bonds is 7. The summed E-state index contributed by atoms with van der Waals surface area (Å²) in [5.41, 5.74) is 1.20. The van der Waals surface area contributed by atoms with Crippen LogP contribution in [-0.2, 0) is 16.0 Å². The van der Waals surface area contributed by atoms with Crippen molar-refractivity contribution in [2.75, 3.05) is 33.4 Å². The molecular formula is C19H29N3O3. The van der Waals surface area contributed by atoms with Gasteiger partial charge in [-0.05, 0) is 31.7 Å². The Kier molecular flexibility index (Phi) is 7.73. The molecule has 0 bridgehead atoms. The summed E-state index contributed by atoms with van der Waals surface area (Å²) in [5.74, 6) is -0.140. The Morgan fingerprint density at radius 2 is 1.92 bits per heavy atom. The second-order valence-corrected chi connectivity index (χ2v) is 6.53. The van der Waals surface area contributed by atoms with E-state index >= 15 is 0 Å². The first kappa shape index (κ1) is 19.2. The summed E-state index contributed by atoms with van der Waals surface area (Å²) in [6.45, 7) is 4.10. The van der Waals surface area contributed by atoms with E-state index in [2.05, 4.69) is 22.8 Å². The third-order valence-corrected chi connectivity index (χ3v) is 4.65. The predicted molar refractivity (Wildman–Crippen MR) is 97.3 cm³/mol. The van der Waals surface area contributed by atoms with Gasteiger partial charge < -0.3 is 20.3 Å². The average Bonchev–Trinajstić information content (AvgIpc) is 2.63. The van der Waals surface area contributed by atoms with E-state index in [1.165, 1.54) is 5.56 Å².